The second-order valence-electron chi connectivity index (χ2n) is 10.1. The van der Waals surface area contributed by atoms with Crippen LogP contribution in [0.15, 0.2) is 23.8 Å². The van der Waals surface area contributed by atoms with Crippen LogP contribution in [0.1, 0.15) is 67.2 Å². The van der Waals surface area contributed by atoms with Crippen molar-refractivity contribution in [2.75, 3.05) is 14.2 Å². The van der Waals surface area contributed by atoms with Gasteiger partial charge < -0.3 is 24.1 Å². The molecule has 184 valence electrons. The van der Waals surface area contributed by atoms with Crippen molar-refractivity contribution in [3.05, 3.63) is 23.8 Å². The molecular formula is C26H44O6. The van der Waals surface area contributed by atoms with E-state index in [0.717, 1.165) is 19.3 Å². The molecule has 0 spiro atoms. The molecule has 0 aromatic rings. The fourth-order valence-electron chi connectivity index (χ4n) is 5.29. The number of methoxy groups -OCH3 is 2. The standard InChI is InChI=1S/C26H44O6/c1-16(15-26(6)25(32-26)19(4)24(30-8)20(5)27)10-9-11-17(2)23-18(3)12-13-21(31-23)14-22(28)29-7/h9-11,16,18-21,23-25,27H,12-15H2,1-8H3/b10-9+,17-11+/t16-,18+,19-,20?,21-,23-,24-,25-,26+/m1/s1. The van der Waals surface area contributed by atoms with Gasteiger partial charge in [0.05, 0.1) is 49.7 Å². The van der Waals surface area contributed by atoms with E-state index in [0.29, 0.717) is 18.3 Å². The second kappa shape index (κ2) is 11.8. The van der Waals surface area contributed by atoms with Crippen LogP contribution in [0.25, 0.3) is 0 Å². The van der Waals surface area contributed by atoms with Gasteiger partial charge in [0.15, 0.2) is 0 Å². The van der Waals surface area contributed by atoms with Crippen molar-refractivity contribution in [1.29, 1.82) is 0 Å². The summed E-state index contributed by atoms with van der Waals surface area (Å²) in [6.45, 7) is 12.5. The molecule has 0 aromatic carbocycles. The van der Waals surface area contributed by atoms with Gasteiger partial charge in [0.25, 0.3) is 0 Å². The predicted molar refractivity (Wildman–Crippen MR) is 125 cm³/mol. The van der Waals surface area contributed by atoms with Crippen LogP contribution in [0.2, 0.25) is 0 Å². The molecule has 0 radical (unpaired) electrons. The van der Waals surface area contributed by atoms with Crippen LogP contribution in [-0.2, 0) is 23.7 Å². The van der Waals surface area contributed by atoms with E-state index < -0.39 is 6.10 Å². The summed E-state index contributed by atoms with van der Waals surface area (Å²) in [5.74, 6) is 0.693. The minimum Gasteiger partial charge on any atom is -0.469 e. The lowest BCUT2D eigenvalue weighted by atomic mass is 9.85. The molecule has 2 saturated heterocycles. The molecule has 32 heavy (non-hydrogen) atoms. The second-order valence-corrected chi connectivity index (χ2v) is 10.1. The van der Waals surface area contributed by atoms with Crippen LogP contribution in [0.4, 0.5) is 0 Å². The Hall–Kier alpha value is -1.21. The molecule has 0 saturated carbocycles. The molecule has 0 amide bonds. The summed E-state index contributed by atoms with van der Waals surface area (Å²) >= 11 is 0. The van der Waals surface area contributed by atoms with Crippen molar-refractivity contribution in [2.45, 2.75) is 103 Å². The molecule has 0 aliphatic carbocycles. The van der Waals surface area contributed by atoms with Gasteiger partial charge in [-0.25, -0.2) is 0 Å². The molecule has 0 aromatic heterocycles. The topological polar surface area (TPSA) is 77.5 Å². The van der Waals surface area contributed by atoms with Crippen molar-refractivity contribution in [1.82, 2.24) is 0 Å². The summed E-state index contributed by atoms with van der Waals surface area (Å²) in [6.07, 6.45) is 8.92. The number of allylic oxidation sites excluding steroid dienone is 3. The molecule has 1 N–H and O–H groups in total. The van der Waals surface area contributed by atoms with Gasteiger partial charge >= 0.3 is 5.97 Å². The molecule has 2 aliphatic heterocycles. The molecular weight excluding hydrogens is 408 g/mol. The number of epoxide rings is 1. The van der Waals surface area contributed by atoms with Crippen LogP contribution in [-0.4, -0.2) is 61.4 Å². The maximum atomic E-state index is 11.6. The Bertz CT molecular complexity index is 671. The van der Waals surface area contributed by atoms with E-state index in [4.69, 9.17) is 18.9 Å². The largest absolute Gasteiger partial charge is 0.469 e. The molecule has 2 aliphatic rings. The van der Waals surface area contributed by atoms with E-state index in [1.54, 1.807) is 14.0 Å². The fraction of sp³-hybridized carbons (Fsp3) is 0.808. The smallest absolute Gasteiger partial charge is 0.308 e. The van der Waals surface area contributed by atoms with E-state index in [9.17, 15) is 9.90 Å². The monoisotopic (exact) mass is 452 g/mol. The lowest BCUT2D eigenvalue weighted by Gasteiger charge is -2.35. The van der Waals surface area contributed by atoms with E-state index in [1.165, 1.54) is 12.7 Å². The van der Waals surface area contributed by atoms with Gasteiger partial charge in [-0.15, -0.1) is 0 Å². The Kier molecular flexibility index (Phi) is 9.95. The molecule has 6 heteroatoms. The number of carbonyl (C=O) groups is 1. The SMILES string of the molecule is COC(=O)C[C@H]1CC[C@H](C)[C@@H](/C(C)=C/C=C/[C@@H](C)C[C@]2(C)O[C@@H]2[C@H](C)[C@@H](OC)C(C)O)O1. The van der Waals surface area contributed by atoms with Gasteiger partial charge in [-0.05, 0) is 57.4 Å². The number of carbonyl (C=O) groups excluding carboxylic acids is 1. The number of esters is 1. The van der Waals surface area contributed by atoms with Gasteiger partial charge in [-0.1, -0.05) is 39.0 Å². The summed E-state index contributed by atoms with van der Waals surface area (Å²) < 4.78 is 22.5. The van der Waals surface area contributed by atoms with E-state index in [1.807, 2.05) is 0 Å². The summed E-state index contributed by atoms with van der Waals surface area (Å²) in [7, 11) is 3.06. The number of rotatable bonds is 11. The first-order valence-corrected chi connectivity index (χ1v) is 12.0. The number of hydrogen-bond acceptors (Lipinski definition) is 6. The van der Waals surface area contributed by atoms with Crippen molar-refractivity contribution >= 4 is 5.97 Å². The zero-order valence-corrected chi connectivity index (χ0v) is 21.2. The van der Waals surface area contributed by atoms with E-state index in [2.05, 4.69) is 52.8 Å². The first-order valence-electron chi connectivity index (χ1n) is 12.0. The van der Waals surface area contributed by atoms with Crippen molar-refractivity contribution < 1.29 is 28.8 Å². The molecule has 6 nitrogen and oxygen atoms in total. The molecule has 0 bridgehead atoms. The lowest BCUT2D eigenvalue weighted by molar-refractivity contribution is -0.147. The minimum atomic E-state index is -0.523. The fourth-order valence-corrected chi connectivity index (χ4v) is 5.29. The Labute approximate surface area is 194 Å². The first-order chi connectivity index (χ1) is 15.0. The molecule has 2 heterocycles. The van der Waals surface area contributed by atoms with Gasteiger partial charge in [0, 0.05) is 13.0 Å². The third kappa shape index (κ3) is 7.14. The van der Waals surface area contributed by atoms with Crippen LogP contribution < -0.4 is 0 Å². The molecule has 2 rings (SSSR count). The number of hydrogen-bond donors (Lipinski definition) is 1. The third-order valence-corrected chi connectivity index (χ3v) is 7.08. The lowest BCUT2D eigenvalue weighted by Crippen LogP contribution is -2.36. The third-order valence-electron chi connectivity index (χ3n) is 7.08. The highest BCUT2D eigenvalue weighted by atomic mass is 16.6. The normalized spacial score (nSPS) is 34.7. The van der Waals surface area contributed by atoms with Crippen LogP contribution in [0.3, 0.4) is 0 Å². The highest BCUT2D eigenvalue weighted by Gasteiger charge is 2.56. The highest BCUT2D eigenvalue weighted by Crippen LogP contribution is 2.47. The average molecular weight is 453 g/mol. The van der Waals surface area contributed by atoms with Gasteiger partial charge in [0.2, 0.25) is 0 Å². The minimum absolute atomic E-state index is 0.0272. The number of aliphatic hydroxyl groups excluding tert-OH is 1. The average Bonchev–Trinajstić information content (AvgIpc) is 3.39. The maximum absolute atomic E-state index is 11.6. The summed E-state index contributed by atoms with van der Waals surface area (Å²) in [4.78, 5) is 11.6. The Morgan fingerprint density at radius 2 is 1.94 bits per heavy atom. The molecule has 9 atom stereocenters. The zero-order chi connectivity index (χ0) is 24.1. The number of aliphatic hydroxyl groups is 1. The van der Waals surface area contributed by atoms with Gasteiger partial charge in [0.1, 0.15) is 0 Å². The maximum Gasteiger partial charge on any atom is 0.308 e. The van der Waals surface area contributed by atoms with Crippen LogP contribution in [0.5, 0.6) is 0 Å². The zero-order valence-electron chi connectivity index (χ0n) is 21.2. The Morgan fingerprint density at radius 3 is 2.53 bits per heavy atom. The first kappa shape index (κ1) is 27.0. The summed E-state index contributed by atoms with van der Waals surface area (Å²) in [5, 5.41) is 9.95. The Morgan fingerprint density at radius 1 is 1.25 bits per heavy atom. The summed E-state index contributed by atoms with van der Waals surface area (Å²) in [5.41, 5.74) is 0.992. The van der Waals surface area contributed by atoms with Crippen molar-refractivity contribution in [2.24, 2.45) is 17.8 Å². The van der Waals surface area contributed by atoms with Crippen LogP contribution >= 0.6 is 0 Å². The van der Waals surface area contributed by atoms with Crippen LogP contribution in [0, 0.1) is 17.8 Å². The van der Waals surface area contributed by atoms with E-state index >= 15 is 0 Å². The highest BCUT2D eigenvalue weighted by molar-refractivity contribution is 5.69. The molecule has 2 fully saturated rings. The molecule has 1 unspecified atom stereocenters. The van der Waals surface area contributed by atoms with Gasteiger partial charge in [-0.2, -0.15) is 0 Å². The van der Waals surface area contributed by atoms with Crippen molar-refractivity contribution in [3.8, 4) is 0 Å². The summed E-state index contributed by atoms with van der Waals surface area (Å²) in [6, 6.07) is 0. The Balaban J connectivity index is 1.89. The number of ether oxygens (including phenoxy) is 4. The van der Waals surface area contributed by atoms with Crippen molar-refractivity contribution in [3.63, 3.8) is 0 Å². The quantitative estimate of drug-likeness (QED) is 0.283. The van der Waals surface area contributed by atoms with Gasteiger partial charge in [-0.3, -0.25) is 4.79 Å². The predicted octanol–water partition coefficient (Wildman–Crippen LogP) is 4.45. The van der Waals surface area contributed by atoms with E-state index in [-0.39, 0.29) is 41.9 Å².